The van der Waals surface area contributed by atoms with Gasteiger partial charge in [-0.2, -0.15) is 0 Å². The zero-order chi connectivity index (χ0) is 14.1. The molecule has 1 aromatic heterocycles. The van der Waals surface area contributed by atoms with E-state index in [0.29, 0.717) is 6.61 Å². The van der Waals surface area contributed by atoms with Crippen LogP contribution in [0.3, 0.4) is 0 Å². The van der Waals surface area contributed by atoms with Gasteiger partial charge in [0.05, 0.1) is 0 Å². The van der Waals surface area contributed by atoms with Crippen LogP contribution in [0.15, 0.2) is 12.1 Å². The quantitative estimate of drug-likeness (QED) is 0.694. The average Bonchev–Trinajstić information content (AvgIpc) is 2.38. The third-order valence-electron chi connectivity index (χ3n) is 2.82. The molecule has 0 atom stereocenters. The van der Waals surface area contributed by atoms with Crippen molar-refractivity contribution < 1.29 is 4.74 Å². The molecule has 0 aromatic carbocycles. The van der Waals surface area contributed by atoms with Crippen molar-refractivity contribution in [2.75, 3.05) is 33.8 Å². The SMILES string of the molecule is CCCNCc1cc(CC)nc(OCCN(C)C)c1. The van der Waals surface area contributed by atoms with E-state index in [1.807, 2.05) is 20.2 Å². The number of aromatic nitrogens is 1. The van der Waals surface area contributed by atoms with Crippen LogP contribution in [0.25, 0.3) is 0 Å². The van der Waals surface area contributed by atoms with Gasteiger partial charge in [0.25, 0.3) is 0 Å². The molecule has 0 aliphatic heterocycles. The van der Waals surface area contributed by atoms with Gasteiger partial charge < -0.3 is 15.0 Å². The Morgan fingerprint density at radius 3 is 2.68 bits per heavy atom. The van der Waals surface area contributed by atoms with E-state index in [4.69, 9.17) is 4.74 Å². The molecule has 1 heterocycles. The number of nitrogens with zero attached hydrogens (tertiary/aromatic N) is 2. The van der Waals surface area contributed by atoms with Crippen LogP contribution in [0, 0.1) is 0 Å². The van der Waals surface area contributed by atoms with Gasteiger partial charge in [0.1, 0.15) is 6.61 Å². The minimum atomic E-state index is 0.676. The molecule has 0 saturated heterocycles. The number of nitrogens with one attached hydrogen (secondary N) is 1. The fourth-order valence-electron chi connectivity index (χ4n) is 1.72. The lowest BCUT2D eigenvalue weighted by molar-refractivity contribution is 0.253. The second-order valence-corrected chi connectivity index (χ2v) is 4.99. The normalized spacial score (nSPS) is 11.0. The van der Waals surface area contributed by atoms with Crippen LogP contribution < -0.4 is 10.1 Å². The van der Waals surface area contributed by atoms with Crippen LogP contribution in [0.1, 0.15) is 31.5 Å². The van der Waals surface area contributed by atoms with Crippen LogP contribution in [0.4, 0.5) is 0 Å². The summed E-state index contributed by atoms with van der Waals surface area (Å²) in [5.41, 5.74) is 2.34. The molecular formula is C15H27N3O. The molecule has 0 bridgehead atoms. The second-order valence-electron chi connectivity index (χ2n) is 4.99. The molecule has 0 aliphatic carbocycles. The first-order valence-electron chi connectivity index (χ1n) is 7.13. The molecule has 4 heteroatoms. The monoisotopic (exact) mass is 265 g/mol. The number of hydrogen-bond donors (Lipinski definition) is 1. The van der Waals surface area contributed by atoms with Gasteiger partial charge in [-0.1, -0.05) is 13.8 Å². The highest BCUT2D eigenvalue weighted by molar-refractivity contribution is 5.25. The van der Waals surface area contributed by atoms with E-state index < -0.39 is 0 Å². The van der Waals surface area contributed by atoms with Crippen molar-refractivity contribution in [2.45, 2.75) is 33.2 Å². The average molecular weight is 265 g/mol. The molecule has 0 spiro atoms. The second kappa shape index (κ2) is 8.88. The van der Waals surface area contributed by atoms with Gasteiger partial charge in [0.15, 0.2) is 0 Å². The van der Waals surface area contributed by atoms with Crippen LogP contribution in [0.5, 0.6) is 5.88 Å². The molecule has 0 radical (unpaired) electrons. The fraction of sp³-hybridized carbons (Fsp3) is 0.667. The lowest BCUT2D eigenvalue weighted by atomic mass is 10.2. The standard InChI is InChI=1S/C15H27N3O/c1-5-7-16-12-13-10-14(6-2)17-15(11-13)19-9-8-18(3)4/h10-11,16H,5-9,12H2,1-4H3. The number of ether oxygens (including phenoxy) is 1. The van der Waals surface area contributed by atoms with E-state index in [9.17, 15) is 0 Å². The molecule has 0 aliphatic rings. The Kier molecular flexibility index (Phi) is 7.45. The predicted octanol–water partition coefficient (Wildman–Crippen LogP) is 2.08. The van der Waals surface area contributed by atoms with Crippen LogP contribution >= 0.6 is 0 Å². The van der Waals surface area contributed by atoms with Gasteiger partial charge in [-0.3, -0.25) is 0 Å². The number of hydrogen-bond acceptors (Lipinski definition) is 4. The molecule has 19 heavy (non-hydrogen) atoms. The van der Waals surface area contributed by atoms with Gasteiger partial charge in [-0.15, -0.1) is 0 Å². The Labute approximate surface area is 117 Å². The Morgan fingerprint density at radius 2 is 2.05 bits per heavy atom. The number of rotatable bonds is 9. The van der Waals surface area contributed by atoms with E-state index in [1.165, 1.54) is 5.56 Å². The number of likely N-dealkylation sites (N-methyl/N-ethyl adjacent to an activating group) is 1. The first-order chi connectivity index (χ1) is 9.15. The van der Waals surface area contributed by atoms with Gasteiger partial charge in [-0.05, 0) is 45.1 Å². The Balaban J connectivity index is 2.60. The summed E-state index contributed by atoms with van der Waals surface area (Å²) in [6.45, 7) is 7.80. The summed E-state index contributed by atoms with van der Waals surface area (Å²) < 4.78 is 5.73. The molecule has 1 aromatic rings. The molecule has 0 amide bonds. The summed E-state index contributed by atoms with van der Waals surface area (Å²) in [5, 5.41) is 3.41. The molecule has 0 unspecified atom stereocenters. The lowest BCUT2D eigenvalue weighted by Crippen LogP contribution is -2.20. The molecular weight excluding hydrogens is 238 g/mol. The van der Waals surface area contributed by atoms with Crippen LogP contribution in [0.2, 0.25) is 0 Å². The van der Waals surface area contributed by atoms with Crippen molar-refractivity contribution in [3.8, 4) is 5.88 Å². The highest BCUT2D eigenvalue weighted by Crippen LogP contribution is 2.13. The Bertz CT molecular complexity index is 366. The maximum Gasteiger partial charge on any atom is 0.213 e. The van der Waals surface area contributed by atoms with Crippen LogP contribution in [-0.2, 0) is 13.0 Å². The Hall–Kier alpha value is -1.13. The smallest absolute Gasteiger partial charge is 0.213 e. The molecule has 4 nitrogen and oxygen atoms in total. The zero-order valence-corrected chi connectivity index (χ0v) is 12.7. The first kappa shape index (κ1) is 15.9. The molecule has 1 rings (SSSR count). The minimum Gasteiger partial charge on any atom is -0.476 e. The first-order valence-corrected chi connectivity index (χ1v) is 7.13. The van der Waals surface area contributed by atoms with E-state index in [2.05, 4.69) is 35.1 Å². The molecule has 1 N–H and O–H groups in total. The van der Waals surface area contributed by atoms with E-state index >= 15 is 0 Å². The van der Waals surface area contributed by atoms with Crippen molar-refractivity contribution in [3.63, 3.8) is 0 Å². The van der Waals surface area contributed by atoms with E-state index in [0.717, 1.165) is 44.0 Å². The van der Waals surface area contributed by atoms with Crippen LogP contribution in [-0.4, -0.2) is 43.7 Å². The topological polar surface area (TPSA) is 37.4 Å². The summed E-state index contributed by atoms with van der Waals surface area (Å²) in [7, 11) is 4.08. The number of pyridine rings is 1. The van der Waals surface area contributed by atoms with Crippen molar-refractivity contribution in [1.82, 2.24) is 15.2 Å². The predicted molar refractivity (Wildman–Crippen MR) is 79.7 cm³/mol. The molecule has 0 saturated carbocycles. The van der Waals surface area contributed by atoms with Crippen molar-refractivity contribution in [3.05, 3.63) is 23.4 Å². The third-order valence-corrected chi connectivity index (χ3v) is 2.82. The summed E-state index contributed by atoms with van der Waals surface area (Å²) >= 11 is 0. The fourth-order valence-corrected chi connectivity index (χ4v) is 1.72. The summed E-state index contributed by atoms with van der Waals surface area (Å²) in [5.74, 6) is 0.745. The van der Waals surface area contributed by atoms with Gasteiger partial charge in [0.2, 0.25) is 5.88 Å². The highest BCUT2D eigenvalue weighted by atomic mass is 16.5. The van der Waals surface area contributed by atoms with E-state index in [1.54, 1.807) is 0 Å². The molecule has 108 valence electrons. The van der Waals surface area contributed by atoms with E-state index in [-0.39, 0.29) is 0 Å². The largest absolute Gasteiger partial charge is 0.476 e. The minimum absolute atomic E-state index is 0.676. The maximum absolute atomic E-state index is 5.73. The highest BCUT2D eigenvalue weighted by Gasteiger charge is 2.03. The molecule has 0 fully saturated rings. The van der Waals surface area contributed by atoms with Crippen molar-refractivity contribution >= 4 is 0 Å². The van der Waals surface area contributed by atoms with Gasteiger partial charge >= 0.3 is 0 Å². The Morgan fingerprint density at radius 1 is 1.26 bits per heavy atom. The summed E-state index contributed by atoms with van der Waals surface area (Å²) in [4.78, 5) is 6.61. The van der Waals surface area contributed by atoms with Crippen molar-refractivity contribution in [2.24, 2.45) is 0 Å². The summed E-state index contributed by atoms with van der Waals surface area (Å²) in [6, 6.07) is 4.19. The third kappa shape index (κ3) is 6.55. The lowest BCUT2D eigenvalue weighted by Gasteiger charge is -2.12. The number of aryl methyl sites for hydroxylation is 1. The summed E-state index contributed by atoms with van der Waals surface area (Å²) in [6.07, 6.45) is 2.09. The van der Waals surface area contributed by atoms with Gasteiger partial charge in [-0.25, -0.2) is 4.98 Å². The van der Waals surface area contributed by atoms with Crippen molar-refractivity contribution in [1.29, 1.82) is 0 Å². The maximum atomic E-state index is 5.73. The zero-order valence-electron chi connectivity index (χ0n) is 12.7. The van der Waals surface area contributed by atoms with Gasteiger partial charge in [0, 0.05) is 24.8 Å².